The highest BCUT2D eigenvalue weighted by Gasteiger charge is 2.17. The van der Waals surface area contributed by atoms with E-state index in [4.69, 9.17) is 19.7 Å². The molecule has 1 aromatic rings. The highest BCUT2D eigenvalue weighted by Crippen LogP contribution is 2.30. The fourth-order valence-electron chi connectivity index (χ4n) is 1.68. The van der Waals surface area contributed by atoms with E-state index in [2.05, 4.69) is 5.32 Å². The van der Waals surface area contributed by atoms with E-state index >= 15 is 0 Å². The molecule has 0 fully saturated rings. The third-order valence-electron chi connectivity index (χ3n) is 2.75. The number of nitrogens with one attached hydrogen (secondary N) is 1. The van der Waals surface area contributed by atoms with Gasteiger partial charge in [0, 0.05) is 12.0 Å². The Balaban J connectivity index is 2.03. The van der Waals surface area contributed by atoms with Crippen LogP contribution in [0.5, 0.6) is 11.5 Å². The van der Waals surface area contributed by atoms with Crippen LogP contribution in [0.15, 0.2) is 18.2 Å². The average Bonchev–Trinajstić information content (AvgIpc) is 2.68. The van der Waals surface area contributed by atoms with Crippen LogP contribution in [0.3, 0.4) is 0 Å². The normalized spacial score (nSPS) is 15.1. The van der Waals surface area contributed by atoms with Crippen molar-refractivity contribution in [1.82, 2.24) is 5.32 Å². The number of hydrogen-bond donors (Lipinski definition) is 3. The number of aliphatic carboxylic acids is 1. The number of fused-ring (bicyclic) bond motifs is 1. The molecular formula is C13H15NO6. The quantitative estimate of drug-likeness (QED) is 0.718. The van der Waals surface area contributed by atoms with E-state index in [1.54, 1.807) is 12.1 Å². The molecule has 108 valence electrons. The summed E-state index contributed by atoms with van der Waals surface area (Å²) in [6.07, 6.45) is -0.861. The number of amides is 1. The number of benzene rings is 1. The third kappa shape index (κ3) is 3.39. The van der Waals surface area contributed by atoms with Crippen molar-refractivity contribution < 1.29 is 29.3 Å². The second kappa shape index (κ2) is 6.25. The lowest BCUT2D eigenvalue weighted by atomic mass is 10.2. The van der Waals surface area contributed by atoms with Gasteiger partial charge in [0.25, 0.3) is 5.91 Å². The molecule has 0 saturated carbocycles. The van der Waals surface area contributed by atoms with Crippen LogP contribution in [0.25, 0.3) is 0 Å². The lowest BCUT2D eigenvalue weighted by Gasteiger charge is -2.10. The number of aliphatic hydroxyl groups is 1. The molecule has 0 radical (unpaired) electrons. The number of aliphatic hydroxyl groups excluding tert-OH is 1. The molecule has 1 aromatic carbocycles. The van der Waals surface area contributed by atoms with Crippen LogP contribution >= 0.6 is 0 Å². The van der Waals surface area contributed by atoms with Gasteiger partial charge in [-0.1, -0.05) is 0 Å². The number of carboxylic acids is 1. The van der Waals surface area contributed by atoms with Crippen molar-refractivity contribution in [3.8, 4) is 11.5 Å². The first kappa shape index (κ1) is 14.1. The number of carboxylic acid groups (broad SMARTS) is 1. The standard InChI is InChI=1S/C13H15NO6/c15-9(13(17)18)7-14-12(16)8-2-3-10-11(6-8)20-5-1-4-19-10/h2-3,6,9,15H,1,4-5,7H2,(H,14,16)(H,17,18)/t9-/m0/s1. The predicted octanol–water partition coefficient (Wildman–Crippen LogP) is 0.0232. The molecule has 0 aliphatic carbocycles. The monoisotopic (exact) mass is 281 g/mol. The smallest absolute Gasteiger partial charge is 0.334 e. The van der Waals surface area contributed by atoms with Gasteiger partial charge < -0.3 is 25.0 Å². The Bertz CT molecular complexity index is 516. The van der Waals surface area contributed by atoms with Crippen LogP contribution in [0.4, 0.5) is 0 Å². The molecule has 1 aliphatic heterocycles. The van der Waals surface area contributed by atoms with Gasteiger partial charge >= 0.3 is 5.97 Å². The summed E-state index contributed by atoms with van der Waals surface area (Å²) >= 11 is 0. The largest absolute Gasteiger partial charge is 0.490 e. The molecule has 0 aromatic heterocycles. The molecule has 0 bridgehead atoms. The number of hydrogen-bond acceptors (Lipinski definition) is 5. The fraction of sp³-hybridized carbons (Fsp3) is 0.385. The number of ether oxygens (including phenoxy) is 2. The van der Waals surface area contributed by atoms with E-state index in [9.17, 15) is 9.59 Å². The van der Waals surface area contributed by atoms with E-state index in [1.807, 2.05) is 0 Å². The zero-order valence-electron chi connectivity index (χ0n) is 10.7. The molecular weight excluding hydrogens is 266 g/mol. The van der Waals surface area contributed by atoms with Gasteiger partial charge in [-0.3, -0.25) is 4.79 Å². The molecule has 0 spiro atoms. The summed E-state index contributed by atoms with van der Waals surface area (Å²) in [4.78, 5) is 22.3. The summed E-state index contributed by atoms with van der Waals surface area (Å²) in [5, 5.41) is 19.9. The molecule has 0 unspecified atom stereocenters. The van der Waals surface area contributed by atoms with Crippen molar-refractivity contribution in [1.29, 1.82) is 0 Å². The van der Waals surface area contributed by atoms with E-state index in [-0.39, 0.29) is 6.54 Å². The summed E-state index contributed by atoms with van der Waals surface area (Å²) < 4.78 is 10.9. The van der Waals surface area contributed by atoms with Crippen molar-refractivity contribution in [3.63, 3.8) is 0 Å². The lowest BCUT2D eigenvalue weighted by molar-refractivity contribution is -0.146. The third-order valence-corrected chi connectivity index (χ3v) is 2.75. The summed E-state index contributed by atoms with van der Waals surface area (Å²) in [6.45, 7) is 0.710. The maximum Gasteiger partial charge on any atom is 0.334 e. The average molecular weight is 281 g/mol. The van der Waals surface area contributed by atoms with Crippen molar-refractivity contribution in [3.05, 3.63) is 23.8 Å². The van der Waals surface area contributed by atoms with Gasteiger partial charge in [-0.2, -0.15) is 0 Å². The van der Waals surface area contributed by atoms with Gasteiger partial charge in [0.2, 0.25) is 0 Å². The maximum absolute atomic E-state index is 11.8. The molecule has 20 heavy (non-hydrogen) atoms. The fourth-order valence-corrected chi connectivity index (χ4v) is 1.68. The molecule has 1 heterocycles. The molecule has 1 aliphatic rings. The number of rotatable bonds is 4. The van der Waals surface area contributed by atoms with Crippen LogP contribution in [0.2, 0.25) is 0 Å². The lowest BCUT2D eigenvalue weighted by Crippen LogP contribution is -2.36. The van der Waals surface area contributed by atoms with E-state index in [0.717, 1.165) is 6.42 Å². The maximum atomic E-state index is 11.8. The zero-order valence-corrected chi connectivity index (χ0v) is 10.7. The van der Waals surface area contributed by atoms with Gasteiger partial charge in [0.15, 0.2) is 17.6 Å². The first-order chi connectivity index (χ1) is 9.58. The van der Waals surface area contributed by atoms with E-state index in [1.165, 1.54) is 6.07 Å². The summed E-state index contributed by atoms with van der Waals surface area (Å²) in [5.41, 5.74) is 0.312. The van der Waals surface area contributed by atoms with Crippen LogP contribution in [0, 0.1) is 0 Å². The minimum Gasteiger partial charge on any atom is -0.490 e. The Hall–Kier alpha value is -2.28. The van der Waals surface area contributed by atoms with Crippen molar-refractivity contribution >= 4 is 11.9 Å². The zero-order chi connectivity index (χ0) is 14.5. The van der Waals surface area contributed by atoms with Crippen LogP contribution < -0.4 is 14.8 Å². The topological polar surface area (TPSA) is 105 Å². The first-order valence-electron chi connectivity index (χ1n) is 6.16. The Kier molecular flexibility index (Phi) is 4.41. The van der Waals surface area contributed by atoms with Crippen molar-refractivity contribution in [2.45, 2.75) is 12.5 Å². The molecule has 1 amide bonds. The number of carbonyl (C=O) groups excluding carboxylic acids is 1. The van der Waals surface area contributed by atoms with E-state index in [0.29, 0.717) is 30.3 Å². The van der Waals surface area contributed by atoms with Gasteiger partial charge in [0.05, 0.1) is 19.8 Å². The molecule has 3 N–H and O–H groups in total. The van der Waals surface area contributed by atoms with Crippen molar-refractivity contribution in [2.75, 3.05) is 19.8 Å². The van der Waals surface area contributed by atoms with Gasteiger partial charge in [-0.05, 0) is 18.2 Å². The Morgan fingerprint density at radius 3 is 2.65 bits per heavy atom. The Morgan fingerprint density at radius 1 is 1.25 bits per heavy atom. The minimum atomic E-state index is -1.63. The minimum absolute atomic E-state index is 0.312. The SMILES string of the molecule is O=C(NC[C@H](O)C(=O)O)c1ccc2c(c1)OCCCO2. The van der Waals surface area contributed by atoms with Crippen LogP contribution in [-0.2, 0) is 4.79 Å². The Labute approximate surface area is 115 Å². The molecule has 7 nitrogen and oxygen atoms in total. The van der Waals surface area contributed by atoms with Gasteiger partial charge in [-0.25, -0.2) is 4.79 Å². The summed E-state index contributed by atoms with van der Waals surface area (Å²) in [5.74, 6) is -0.816. The van der Waals surface area contributed by atoms with Gasteiger partial charge in [0.1, 0.15) is 0 Å². The Morgan fingerprint density at radius 2 is 1.95 bits per heavy atom. The molecule has 2 rings (SSSR count). The first-order valence-corrected chi connectivity index (χ1v) is 6.16. The second-order valence-electron chi connectivity index (χ2n) is 4.28. The highest BCUT2D eigenvalue weighted by atomic mass is 16.5. The highest BCUT2D eigenvalue weighted by molar-refractivity contribution is 5.95. The summed E-state index contributed by atoms with van der Waals surface area (Å²) in [7, 11) is 0. The molecule has 0 saturated heterocycles. The van der Waals surface area contributed by atoms with Gasteiger partial charge in [-0.15, -0.1) is 0 Å². The molecule has 1 atom stereocenters. The predicted molar refractivity (Wildman–Crippen MR) is 68.0 cm³/mol. The van der Waals surface area contributed by atoms with Crippen molar-refractivity contribution in [2.24, 2.45) is 0 Å². The molecule has 7 heteroatoms. The second-order valence-corrected chi connectivity index (χ2v) is 4.28. The van der Waals surface area contributed by atoms with E-state index < -0.39 is 18.0 Å². The van der Waals surface area contributed by atoms with Crippen LogP contribution in [0.1, 0.15) is 16.8 Å². The number of carbonyl (C=O) groups is 2. The van der Waals surface area contributed by atoms with Crippen LogP contribution in [-0.4, -0.2) is 48.0 Å². The summed E-state index contributed by atoms with van der Waals surface area (Å²) in [6, 6.07) is 4.71.